The van der Waals surface area contributed by atoms with Gasteiger partial charge >= 0.3 is 0 Å². The van der Waals surface area contributed by atoms with E-state index < -0.39 is 0 Å². The van der Waals surface area contributed by atoms with Crippen molar-refractivity contribution >= 4 is 0 Å². The first-order valence-corrected chi connectivity index (χ1v) is 8.16. The standard InChI is InChI=1S/C18H30N2O/c1-14(2)15-5-7-16(8-6-15)18(19-3)13-20-11-9-17(21-4)10-12-20/h5-8,14,17-19H,9-13H2,1-4H3. The summed E-state index contributed by atoms with van der Waals surface area (Å²) >= 11 is 0. The summed E-state index contributed by atoms with van der Waals surface area (Å²) in [6.07, 6.45) is 2.76. The first kappa shape index (κ1) is 16.5. The summed E-state index contributed by atoms with van der Waals surface area (Å²) in [6.45, 7) is 7.84. The monoisotopic (exact) mass is 290 g/mol. The average Bonchev–Trinajstić information content (AvgIpc) is 2.53. The van der Waals surface area contributed by atoms with Crippen LogP contribution in [0.3, 0.4) is 0 Å². The van der Waals surface area contributed by atoms with Crippen LogP contribution in [0.2, 0.25) is 0 Å². The molecule has 21 heavy (non-hydrogen) atoms. The zero-order chi connectivity index (χ0) is 15.2. The third-order valence-corrected chi connectivity index (χ3v) is 4.66. The number of nitrogens with zero attached hydrogens (tertiary/aromatic N) is 1. The fourth-order valence-corrected chi connectivity index (χ4v) is 3.06. The van der Waals surface area contributed by atoms with E-state index in [2.05, 4.69) is 55.4 Å². The molecule has 0 aromatic heterocycles. The first-order chi connectivity index (χ1) is 10.1. The Bertz CT molecular complexity index is 408. The molecular weight excluding hydrogens is 260 g/mol. The Balaban J connectivity index is 1.93. The van der Waals surface area contributed by atoms with E-state index in [9.17, 15) is 0 Å². The topological polar surface area (TPSA) is 24.5 Å². The molecule has 1 fully saturated rings. The number of hydrogen-bond donors (Lipinski definition) is 1. The van der Waals surface area contributed by atoms with Gasteiger partial charge in [0.2, 0.25) is 0 Å². The minimum absolute atomic E-state index is 0.408. The molecule has 0 aliphatic carbocycles. The number of hydrogen-bond acceptors (Lipinski definition) is 3. The molecule has 118 valence electrons. The van der Waals surface area contributed by atoms with Gasteiger partial charge in [-0.2, -0.15) is 0 Å². The summed E-state index contributed by atoms with van der Waals surface area (Å²) in [6, 6.07) is 9.49. The molecule has 0 amide bonds. The van der Waals surface area contributed by atoms with Gasteiger partial charge in [0.25, 0.3) is 0 Å². The second-order valence-electron chi connectivity index (χ2n) is 6.40. The van der Waals surface area contributed by atoms with Crippen LogP contribution < -0.4 is 5.32 Å². The summed E-state index contributed by atoms with van der Waals surface area (Å²) in [7, 11) is 3.88. The number of nitrogens with one attached hydrogen (secondary N) is 1. The highest BCUT2D eigenvalue weighted by molar-refractivity contribution is 5.27. The van der Waals surface area contributed by atoms with Gasteiger partial charge in [0.15, 0.2) is 0 Å². The number of likely N-dealkylation sites (N-methyl/N-ethyl adjacent to an activating group) is 1. The maximum atomic E-state index is 5.45. The summed E-state index contributed by atoms with van der Waals surface area (Å²) in [5, 5.41) is 3.47. The van der Waals surface area contributed by atoms with Gasteiger partial charge in [-0.25, -0.2) is 0 Å². The van der Waals surface area contributed by atoms with Crippen molar-refractivity contribution < 1.29 is 4.74 Å². The van der Waals surface area contributed by atoms with E-state index in [1.54, 1.807) is 0 Å². The summed E-state index contributed by atoms with van der Waals surface area (Å²) in [4.78, 5) is 2.55. The molecule has 1 atom stereocenters. The van der Waals surface area contributed by atoms with Crippen molar-refractivity contribution in [2.45, 2.75) is 44.8 Å². The number of likely N-dealkylation sites (tertiary alicyclic amines) is 1. The Morgan fingerprint density at radius 2 is 1.71 bits per heavy atom. The minimum atomic E-state index is 0.408. The third kappa shape index (κ3) is 4.53. The van der Waals surface area contributed by atoms with Crippen LogP contribution in [0.15, 0.2) is 24.3 Å². The van der Waals surface area contributed by atoms with E-state index in [0.717, 1.165) is 32.5 Å². The van der Waals surface area contributed by atoms with Crippen LogP contribution in [0.5, 0.6) is 0 Å². The predicted molar refractivity (Wildman–Crippen MR) is 88.8 cm³/mol. The second kappa shape index (κ2) is 7.92. The number of rotatable bonds is 6. The largest absolute Gasteiger partial charge is 0.381 e. The van der Waals surface area contributed by atoms with E-state index >= 15 is 0 Å². The maximum absolute atomic E-state index is 5.45. The Hall–Kier alpha value is -0.900. The fourth-order valence-electron chi connectivity index (χ4n) is 3.06. The molecule has 0 bridgehead atoms. The van der Waals surface area contributed by atoms with Crippen molar-refractivity contribution in [2.75, 3.05) is 33.8 Å². The van der Waals surface area contributed by atoms with Gasteiger partial charge < -0.3 is 15.0 Å². The second-order valence-corrected chi connectivity index (χ2v) is 6.40. The quantitative estimate of drug-likeness (QED) is 0.871. The molecule has 1 unspecified atom stereocenters. The van der Waals surface area contributed by atoms with Crippen LogP contribution in [0.4, 0.5) is 0 Å². The van der Waals surface area contributed by atoms with Gasteiger partial charge in [0.1, 0.15) is 0 Å². The minimum Gasteiger partial charge on any atom is -0.381 e. The van der Waals surface area contributed by atoms with Crippen molar-refractivity contribution in [1.82, 2.24) is 10.2 Å². The van der Waals surface area contributed by atoms with Crippen LogP contribution in [0.25, 0.3) is 0 Å². The van der Waals surface area contributed by atoms with Crippen LogP contribution >= 0.6 is 0 Å². The van der Waals surface area contributed by atoms with Gasteiger partial charge in [0, 0.05) is 32.8 Å². The molecule has 0 saturated carbocycles. The van der Waals surface area contributed by atoms with E-state index in [-0.39, 0.29) is 0 Å². The van der Waals surface area contributed by atoms with Crippen molar-refractivity contribution in [1.29, 1.82) is 0 Å². The van der Waals surface area contributed by atoms with E-state index in [1.807, 2.05) is 7.11 Å². The molecule has 1 aromatic carbocycles. The average molecular weight is 290 g/mol. The highest BCUT2D eigenvalue weighted by Crippen LogP contribution is 2.21. The summed E-state index contributed by atoms with van der Waals surface area (Å²) in [5.74, 6) is 0.597. The summed E-state index contributed by atoms with van der Waals surface area (Å²) < 4.78 is 5.45. The number of ether oxygens (including phenoxy) is 1. The SMILES string of the molecule is CNC(CN1CCC(OC)CC1)c1ccc(C(C)C)cc1. The van der Waals surface area contributed by atoms with Gasteiger partial charge in [-0.05, 0) is 36.9 Å². The first-order valence-electron chi connectivity index (χ1n) is 8.16. The highest BCUT2D eigenvalue weighted by atomic mass is 16.5. The van der Waals surface area contributed by atoms with Crippen LogP contribution in [0.1, 0.15) is 49.8 Å². The molecule has 1 heterocycles. The number of benzene rings is 1. The van der Waals surface area contributed by atoms with Crippen molar-refractivity contribution in [2.24, 2.45) is 0 Å². The van der Waals surface area contributed by atoms with E-state index in [1.165, 1.54) is 11.1 Å². The van der Waals surface area contributed by atoms with Gasteiger partial charge in [-0.15, -0.1) is 0 Å². The normalized spacial score (nSPS) is 19.1. The molecule has 0 spiro atoms. The zero-order valence-electron chi connectivity index (χ0n) is 13.9. The predicted octanol–water partition coefficient (Wildman–Crippen LogP) is 3.18. The molecular formula is C18H30N2O. The molecule has 1 aliphatic rings. The van der Waals surface area contributed by atoms with Crippen molar-refractivity contribution in [3.05, 3.63) is 35.4 Å². The van der Waals surface area contributed by atoms with Crippen molar-refractivity contribution in [3.8, 4) is 0 Å². The van der Waals surface area contributed by atoms with Gasteiger partial charge in [-0.3, -0.25) is 0 Å². The lowest BCUT2D eigenvalue weighted by Crippen LogP contribution is -2.41. The zero-order valence-corrected chi connectivity index (χ0v) is 13.9. The lowest BCUT2D eigenvalue weighted by Gasteiger charge is -2.33. The number of methoxy groups -OCH3 is 1. The molecule has 1 aromatic rings. The molecule has 3 heteroatoms. The molecule has 2 rings (SSSR count). The molecule has 1 N–H and O–H groups in total. The summed E-state index contributed by atoms with van der Waals surface area (Å²) in [5.41, 5.74) is 2.80. The Kier molecular flexibility index (Phi) is 6.22. The van der Waals surface area contributed by atoms with Gasteiger partial charge in [-0.1, -0.05) is 38.1 Å². The van der Waals surface area contributed by atoms with Crippen molar-refractivity contribution in [3.63, 3.8) is 0 Å². The lowest BCUT2D eigenvalue weighted by molar-refractivity contribution is 0.0386. The van der Waals surface area contributed by atoms with Crippen LogP contribution in [-0.2, 0) is 4.74 Å². The van der Waals surface area contributed by atoms with E-state index in [4.69, 9.17) is 4.74 Å². The van der Waals surface area contributed by atoms with Crippen LogP contribution in [0, 0.1) is 0 Å². The fraction of sp³-hybridized carbons (Fsp3) is 0.667. The molecule has 1 aliphatic heterocycles. The third-order valence-electron chi connectivity index (χ3n) is 4.66. The van der Waals surface area contributed by atoms with Gasteiger partial charge in [0.05, 0.1) is 6.10 Å². The molecule has 1 saturated heterocycles. The Labute approximate surface area is 129 Å². The number of piperidine rings is 1. The maximum Gasteiger partial charge on any atom is 0.0595 e. The lowest BCUT2D eigenvalue weighted by atomic mass is 9.98. The molecule has 0 radical (unpaired) electrons. The Morgan fingerprint density at radius 1 is 1.14 bits per heavy atom. The van der Waals surface area contributed by atoms with Crippen LogP contribution in [-0.4, -0.2) is 44.8 Å². The van der Waals surface area contributed by atoms with E-state index in [0.29, 0.717) is 18.1 Å². The smallest absolute Gasteiger partial charge is 0.0595 e. The molecule has 3 nitrogen and oxygen atoms in total. The Morgan fingerprint density at radius 3 is 2.19 bits per heavy atom. The highest BCUT2D eigenvalue weighted by Gasteiger charge is 2.21.